The van der Waals surface area contributed by atoms with Crippen molar-refractivity contribution in [2.75, 3.05) is 0 Å². The molecule has 1 heterocycles. The number of halogens is 1. The van der Waals surface area contributed by atoms with Gasteiger partial charge in [0.05, 0.1) is 11.7 Å². The minimum Gasteiger partial charge on any atom is -0.460 e. The van der Waals surface area contributed by atoms with Gasteiger partial charge in [-0.25, -0.2) is 9.79 Å². The minimum absolute atomic E-state index is 0.0993. The van der Waals surface area contributed by atoms with Crippen molar-refractivity contribution in [3.05, 3.63) is 11.8 Å². The van der Waals surface area contributed by atoms with Crippen molar-refractivity contribution in [2.45, 2.75) is 26.4 Å². The molecule has 1 aliphatic rings. The monoisotopic (exact) mass is 187 g/mol. The van der Waals surface area contributed by atoms with Gasteiger partial charge in [-0.1, -0.05) is 11.6 Å². The first-order valence-corrected chi connectivity index (χ1v) is 4.09. The molecule has 0 fully saturated rings. The van der Waals surface area contributed by atoms with Crippen molar-refractivity contribution in [3.8, 4) is 0 Å². The molecular formula is C8H10ClNO2. The predicted molar refractivity (Wildman–Crippen MR) is 47.2 cm³/mol. The molecule has 0 unspecified atom stereocenters. The molecule has 0 radical (unpaired) electrons. The number of carbonyl (C=O) groups excluding carboxylic acids is 1. The van der Waals surface area contributed by atoms with E-state index >= 15 is 0 Å². The van der Waals surface area contributed by atoms with Crippen LogP contribution in [0.3, 0.4) is 0 Å². The van der Waals surface area contributed by atoms with Gasteiger partial charge >= 0.3 is 5.97 Å². The first-order valence-electron chi connectivity index (χ1n) is 3.72. The molecule has 0 saturated heterocycles. The highest BCUT2D eigenvalue weighted by Gasteiger charge is 2.17. The van der Waals surface area contributed by atoms with Crippen LogP contribution in [0.4, 0.5) is 0 Å². The van der Waals surface area contributed by atoms with E-state index in [2.05, 4.69) is 4.99 Å². The van der Waals surface area contributed by atoms with E-state index in [0.717, 1.165) is 0 Å². The van der Waals surface area contributed by atoms with E-state index in [4.69, 9.17) is 16.3 Å². The van der Waals surface area contributed by atoms with E-state index in [1.54, 1.807) is 13.8 Å². The molecule has 0 bridgehead atoms. The third-order valence-electron chi connectivity index (χ3n) is 1.30. The first-order chi connectivity index (χ1) is 5.59. The maximum atomic E-state index is 11.2. The summed E-state index contributed by atoms with van der Waals surface area (Å²) in [6.07, 6.45) is 1.75. The van der Waals surface area contributed by atoms with Crippen LogP contribution < -0.4 is 0 Å². The van der Waals surface area contributed by atoms with Gasteiger partial charge in [-0.05, 0) is 13.8 Å². The second kappa shape index (κ2) is 3.72. The molecule has 0 aliphatic carbocycles. The van der Waals surface area contributed by atoms with Crippen molar-refractivity contribution in [2.24, 2.45) is 4.99 Å². The second-order valence-electron chi connectivity index (χ2n) is 2.79. The van der Waals surface area contributed by atoms with Crippen molar-refractivity contribution in [3.63, 3.8) is 0 Å². The van der Waals surface area contributed by atoms with Crippen molar-refractivity contribution < 1.29 is 9.53 Å². The van der Waals surface area contributed by atoms with E-state index in [-0.39, 0.29) is 12.1 Å². The lowest BCUT2D eigenvalue weighted by molar-refractivity contribution is -0.142. The highest BCUT2D eigenvalue weighted by molar-refractivity contribution is 6.66. The van der Waals surface area contributed by atoms with Crippen LogP contribution in [-0.2, 0) is 9.53 Å². The summed E-state index contributed by atoms with van der Waals surface area (Å²) in [5, 5.41) is 0.436. The third kappa shape index (κ3) is 2.34. The van der Waals surface area contributed by atoms with Gasteiger partial charge in [0, 0.05) is 12.6 Å². The molecule has 0 aromatic carbocycles. The quantitative estimate of drug-likeness (QED) is 0.619. The highest BCUT2D eigenvalue weighted by atomic mass is 35.5. The summed E-state index contributed by atoms with van der Waals surface area (Å²) in [5.74, 6) is -0.329. The molecule has 12 heavy (non-hydrogen) atoms. The van der Waals surface area contributed by atoms with Crippen LogP contribution in [0.2, 0.25) is 0 Å². The van der Waals surface area contributed by atoms with Crippen LogP contribution >= 0.6 is 11.6 Å². The number of nitrogens with zero attached hydrogens (tertiary/aromatic N) is 1. The van der Waals surface area contributed by atoms with E-state index in [1.807, 2.05) is 0 Å². The normalized spacial score (nSPS) is 16.0. The lowest BCUT2D eigenvalue weighted by Crippen LogP contribution is -2.13. The number of hydrogen-bond donors (Lipinski definition) is 0. The molecule has 0 amide bonds. The summed E-state index contributed by atoms with van der Waals surface area (Å²) < 4.78 is 4.94. The fraction of sp³-hybridized carbons (Fsp3) is 0.500. The van der Waals surface area contributed by atoms with Gasteiger partial charge in [-0.2, -0.15) is 0 Å². The maximum Gasteiger partial charge on any atom is 0.336 e. The summed E-state index contributed by atoms with van der Waals surface area (Å²) in [5.41, 5.74) is 0.522. The van der Waals surface area contributed by atoms with Gasteiger partial charge in [0.1, 0.15) is 5.17 Å². The summed E-state index contributed by atoms with van der Waals surface area (Å²) >= 11 is 5.58. The smallest absolute Gasteiger partial charge is 0.336 e. The Kier molecular flexibility index (Phi) is 2.87. The number of rotatable bonds is 2. The summed E-state index contributed by atoms with van der Waals surface area (Å²) in [4.78, 5) is 14.9. The minimum atomic E-state index is -0.329. The Labute approximate surface area is 76.1 Å². The lowest BCUT2D eigenvalue weighted by atomic mass is 10.2. The molecule has 0 spiro atoms. The van der Waals surface area contributed by atoms with Gasteiger partial charge in [0.25, 0.3) is 0 Å². The van der Waals surface area contributed by atoms with Crippen molar-refractivity contribution in [1.82, 2.24) is 0 Å². The van der Waals surface area contributed by atoms with Crippen molar-refractivity contribution in [1.29, 1.82) is 0 Å². The number of esters is 1. The fourth-order valence-corrected chi connectivity index (χ4v) is 1.00. The third-order valence-corrected chi connectivity index (χ3v) is 1.53. The van der Waals surface area contributed by atoms with Crippen LogP contribution in [-0.4, -0.2) is 17.2 Å². The zero-order valence-corrected chi connectivity index (χ0v) is 7.76. The molecule has 0 aromatic rings. The average molecular weight is 188 g/mol. The highest BCUT2D eigenvalue weighted by Crippen LogP contribution is 2.15. The zero-order chi connectivity index (χ0) is 9.14. The van der Waals surface area contributed by atoms with Gasteiger partial charge in [0.15, 0.2) is 0 Å². The van der Waals surface area contributed by atoms with Gasteiger partial charge in [-0.3, -0.25) is 0 Å². The molecule has 0 atom stereocenters. The van der Waals surface area contributed by atoms with Gasteiger partial charge in [-0.15, -0.1) is 0 Å². The Morgan fingerprint density at radius 2 is 2.42 bits per heavy atom. The fourth-order valence-electron chi connectivity index (χ4n) is 0.811. The number of ether oxygens (including phenoxy) is 1. The summed E-state index contributed by atoms with van der Waals surface area (Å²) in [6, 6.07) is 0. The van der Waals surface area contributed by atoms with Crippen LogP contribution in [0, 0.1) is 0 Å². The number of hydrogen-bond acceptors (Lipinski definition) is 3. The topological polar surface area (TPSA) is 38.7 Å². The van der Waals surface area contributed by atoms with Gasteiger partial charge < -0.3 is 4.74 Å². The summed E-state index contributed by atoms with van der Waals surface area (Å²) in [6.45, 7) is 3.60. The largest absolute Gasteiger partial charge is 0.460 e. The molecule has 4 heteroatoms. The SMILES string of the molecule is CC(C)OC(=O)C1=CN=C(Cl)C1. The molecule has 66 valence electrons. The number of aliphatic imine (C=N–C) groups is 1. The van der Waals surface area contributed by atoms with Crippen molar-refractivity contribution >= 4 is 22.7 Å². The van der Waals surface area contributed by atoms with Gasteiger partial charge in [0.2, 0.25) is 0 Å². The lowest BCUT2D eigenvalue weighted by Gasteiger charge is -2.07. The molecule has 3 nitrogen and oxygen atoms in total. The first kappa shape index (κ1) is 9.26. The Balaban J connectivity index is 2.47. The molecule has 1 rings (SSSR count). The zero-order valence-electron chi connectivity index (χ0n) is 7.00. The Morgan fingerprint density at radius 3 is 2.83 bits per heavy atom. The van der Waals surface area contributed by atoms with Crippen LogP contribution in [0.5, 0.6) is 0 Å². The Hall–Kier alpha value is -0.830. The summed E-state index contributed by atoms with van der Waals surface area (Å²) in [7, 11) is 0. The molecule has 1 aliphatic heterocycles. The average Bonchev–Trinajstić information content (AvgIpc) is 2.34. The Bertz CT molecular complexity index is 256. The van der Waals surface area contributed by atoms with E-state index < -0.39 is 0 Å². The second-order valence-corrected chi connectivity index (χ2v) is 3.23. The number of carbonyl (C=O) groups is 1. The Morgan fingerprint density at radius 1 is 1.75 bits per heavy atom. The van der Waals surface area contributed by atoms with E-state index in [9.17, 15) is 4.79 Å². The van der Waals surface area contributed by atoms with Crippen LogP contribution in [0.25, 0.3) is 0 Å². The van der Waals surface area contributed by atoms with Crippen LogP contribution in [0.15, 0.2) is 16.8 Å². The standard InChI is InChI=1S/C8H10ClNO2/c1-5(2)12-8(11)6-3-7(9)10-4-6/h4-5H,3H2,1-2H3. The van der Waals surface area contributed by atoms with E-state index in [1.165, 1.54) is 6.20 Å². The van der Waals surface area contributed by atoms with E-state index in [0.29, 0.717) is 17.2 Å². The van der Waals surface area contributed by atoms with Crippen LogP contribution in [0.1, 0.15) is 20.3 Å². The molecule has 0 saturated carbocycles. The molecular weight excluding hydrogens is 178 g/mol. The maximum absolute atomic E-state index is 11.2. The molecule has 0 aromatic heterocycles. The predicted octanol–water partition coefficient (Wildman–Crippen LogP) is 1.86. The molecule has 0 N–H and O–H groups in total.